The topological polar surface area (TPSA) is 79.5 Å². The molecule has 0 fully saturated rings. The molecule has 8 heteroatoms. The third kappa shape index (κ3) is 13.4. The van der Waals surface area contributed by atoms with Crippen LogP contribution in [0.15, 0.2) is 24.5 Å². The minimum absolute atomic E-state index is 0. The van der Waals surface area contributed by atoms with Crippen molar-refractivity contribution in [3.8, 4) is 0 Å². The molecule has 0 atom stereocenters. The molecule has 1 rings (SSSR count). The third-order valence-electron chi connectivity index (χ3n) is 4.98. The second kappa shape index (κ2) is 16.6. The molecule has 30 heavy (non-hydrogen) atoms. The molecule has 6 nitrogen and oxygen atoms in total. The molecule has 0 N–H and O–H groups in total. The van der Waals surface area contributed by atoms with Crippen molar-refractivity contribution in [2.45, 2.75) is 90.9 Å². The van der Waals surface area contributed by atoms with Gasteiger partial charge in [0.25, 0.3) is 0 Å². The van der Waals surface area contributed by atoms with E-state index in [1.165, 1.54) is 25.7 Å². The van der Waals surface area contributed by atoms with Gasteiger partial charge < -0.3 is 14.0 Å². The zero-order valence-electron chi connectivity index (χ0n) is 19.4. The maximum atomic E-state index is 10.7. The second-order valence-corrected chi connectivity index (χ2v) is 9.23. The van der Waals surface area contributed by atoms with Gasteiger partial charge in [-0.15, -0.1) is 0 Å². The number of rotatable bonds is 17. The first-order valence-corrected chi connectivity index (χ1v) is 12.6. The summed E-state index contributed by atoms with van der Waals surface area (Å²) in [4.78, 5) is 0. The Bertz CT molecular complexity index is 638. The fourth-order valence-electron chi connectivity index (χ4n) is 3.13. The summed E-state index contributed by atoms with van der Waals surface area (Å²) in [6.45, 7) is 8.14. The minimum Gasteiger partial charge on any atom is -0.748 e. The maximum absolute atomic E-state index is 10.7. The van der Waals surface area contributed by atoms with Crippen molar-refractivity contribution in [2.75, 3.05) is 19.0 Å². The van der Waals surface area contributed by atoms with Crippen LogP contribution in [-0.4, -0.2) is 61.5 Å². The molecule has 1 aromatic heterocycles. The first-order chi connectivity index (χ1) is 13.8. The summed E-state index contributed by atoms with van der Waals surface area (Å²) < 4.78 is 46.5. The maximum Gasteiger partial charge on any atom is 0.192 e. The van der Waals surface area contributed by atoms with Crippen molar-refractivity contribution in [3.63, 3.8) is 0 Å². The Balaban J connectivity index is 0.00000841. The summed E-state index contributed by atoms with van der Waals surface area (Å²) in [7, 11) is -4.16. The van der Waals surface area contributed by atoms with Gasteiger partial charge >= 0.3 is 0 Å². The molecule has 0 aliphatic heterocycles. The van der Waals surface area contributed by atoms with E-state index in [0.29, 0.717) is 26.2 Å². The molecule has 169 valence electrons. The van der Waals surface area contributed by atoms with Gasteiger partial charge in [-0.3, -0.25) is 0 Å². The number of aryl methyl sites for hydroxylation is 1. The molecule has 1 radical (unpaired) electrons. The summed E-state index contributed by atoms with van der Waals surface area (Å²) in [5, 5.41) is 0. The van der Waals surface area contributed by atoms with Gasteiger partial charge in [0, 0.05) is 59.4 Å². The van der Waals surface area contributed by atoms with Gasteiger partial charge in [-0.1, -0.05) is 52.4 Å². The van der Waals surface area contributed by atoms with Crippen LogP contribution in [-0.2, 0) is 31.9 Å². The second-order valence-electron chi connectivity index (χ2n) is 7.70. The molecule has 0 unspecified atom stereocenters. The molecule has 0 bridgehead atoms. The zero-order valence-corrected chi connectivity index (χ0v) is 22.2. The van der Waals surface area contributed by atoms with Crippen LogP contribution >= 0.6 is 0 Å². The van der Waals surface area contributed by atoms with Gasteiger partial charge in [0.05, 0.1) is 23.3 Å². The first-order valence-electron chi connectivity index (χ1n) is 11.0. The Morgan fingerprint density at radius 2 is 1.40 bits per heavy atom. The van der Waals surface area contributed by atoms with Gasteiger partial charge in [0.2, 0.25) is 0 Å². The predicted octanol–water partition coefficient (Wildman–Crippen LogP) is 3.90. The van der Waals surface area contributed by atoms with Crippen molar-refractivity contribution in [3.05, 3.63) is 30.1 Å². The molecule has 0 saturated heterocycles. The average Bonchev–Trinajstić information content (AvgIpc) is 2.67. The summed E-state index contributed by atoms with van der Waals surface area (Å²) >= 11 is 0. The molecule has 0 aliphatic carbocycles. The standard InChI is InChI=1S/C22H39NO5S.Na/c1-4-6-8-10-18-27-22(3,28-19-11-9-7-5-2)21-13-16-23(17-14-21)15-12-20-29(24,25)26;/h13-14,16-17H,4-12,15,18-20H2,1-3H3;. The van der Waals surface area contributed by atoms with Crippen LogP contribution < -0.4 is 4.57 Å². The third-order valence-corrected chi connectivity index (χ3v) is 5.77. The van der Waals surface area contributed by atoms with Crippen LogP contribution in [0.2, 0.25) is 0 Å². The van der Waals surface area contributed by atoms with Crippen molar-refractivity contribution >= 4 is 39.7 Å². The number of hydrogen-bond acceptors (Lipinski definition) is 5. The van der Waals surface area contributed by atoms with E-state index in [4.69, 9.17) is 9.47 Å². The van der Waals surface area contributed by atoms with Crippen LogP contribution in [0.25, 0.3) is 0 Å². The minimum atomic E-state index is -4.16. The number of nitrogens with zero attached hydrogens (tertiary/aromatic N) is 1. The van der Waals surface area contributed by atoms with Crippen LogP contribution in [0.1, 0.15) is 84.1 Å². The molecule has 0 aromatic carbocycles. The van der Waals surface area contributed by atoms with Crippen LogP contribution in [0.3, 0.4) is 0 Å². The molecular formula is C22H39NNaO5S. The predicted molar refractivity (Wildman–Crippen MR) is 119 cm³/mol. The fraction of sp³-hybridized carbons (Fsp3) is 0.773. The number of aromatic nitrogens is 1. The molecule has 1 aromatic rings. The van der Waals surface area contributed by atoms with E-state index in [0.717, 1.165) is 31.2 Å². The van der Waals surface area contributed by atoms with Gasteiger partial charge in [0.15, 0.2) is 18.2 Å². The van der Waals surface area contributed by atoms with Crippen LogP contribution in [0.4, 0.5) is 0 Å². The summed E-state index contributed by atoms with van der Waals surface area (Å²) in [5.74, 6) is -1.14. The molecule has 0 saturated carbocycles. The van der Waals surface area contributed by atoms with E-state index in [9.17, 15) is 13.0 Å². The largest absolute Gasteiger partial charge is 0.748 e. The number of unbranched alkanes of at least 4 members (excludes halogenated alkanes) is 6. The van der Waals surface area contributed by atoms with E-state index < -0.39 is 15.9 Å². The van der Waals surface area contributed by atoms with Gasteiger partial charge in [-0.05, 0) is 19.8 Å². The van der Waals surface area contributed by atoms with Crippen molar-refractivity contribution in [1.29, 1.82) is 0 Å². The van der Waals surface area contributed by atoms with E-state index in [1.807, 2.05) is 36.0 Å². The smallest absolute Gasteiger partial charge is 0.192 e. The van der Waals surface area contributed by atoms with Gasteiger partial charge in [-0.25, -0.2) is 13.0 Å². The number of ether oxygens (including phenoxy) is 2. The summed E-state index contributed by atoms with van der Waals surface area (Å²) in [6.07, 6.45) is 13.2. The first kappa shape index (κ1) is 30.0. The van der Waals surface area contributed by atoms with Crippen molar-refractivity contribution in [1.82, 2.24) is 0 Å². The fourth-order valence-corrected chi connectivity index (χ4v) is 3.62. The van der Waals surface area contributed by atoms with E-state index in [2.05, 4.69) is 13.8 Å². The Morgan fingerprint density at radius 1 is 0.900 bits per heavy atom. The van der Waals surface area contributed by atoms with E-state index in [1.54, 1.807) is 0 Å². The van der Waals surface area contributed by atoms with E-state index in [-0.39, 0.29) is 35.3 Å². The summed E-state index contributed by atoms with van der Waals surface area (Å²) in [5.41, 5.74) is 0.941. The Kier molecular flexibility index (Phi) is 16.6. The number of hydrogen-bond donors (Lipinski definition) is 0. The van der Waals surface area contributed by atoms with Gasteiger partial charge in [-0.2, -0.15) is 0 Å². The van der Waals surface area contributed by atoms with Gasteiger partial charge in [0.1, 0.15) is 6.54 Å². The number of pyridine rings is 1. The van der Waals surface area contributed by atoms with E-state index >= 15 is 0 Å². The quantitative estimate of drug-likeness (QED) is 0.118. The Hall–Kier alpha value is -0.0200. The molecular weight excluding hydrogens is 413 g/mol. The monoisotopic (exact) mass is 452 g/mol. The molecule has 1 heterocycles. The zero-order chi connectivity index (χ0) is 21.6. The SMILES string of the molecule is CCCCCCOC(C)(OCCCCCC)c1cc[n+](CCCS(=O)(=O)[O-])cc1.[Na]. The molecule has 0 amide bonds. The Morgan fingerprint density at radius 3 is 1.83 bits per heavy atom. The van der Waals surface area contributed by atoms with Crippen molar-refractivity contribution < 1.29 is 27.0 Å². The van der Waals surface area contributed by atoms with Crippen molar-refractivity contribution in [2.24, 2.45) is 0 Å². The average molecular weight is 453 g/mol. The van der Waals surface area contributed by atoms with Crippen LogP contribution in [0, 0.1) is 0 Å². The van der Waals surface area contributed by atoms with Crippen LogP contribution in [0.5, 0.6) is 0 Å². The normalized spacial score (nSPS) is 12.0. The Labute approximate surface area is 205 Å². The molecule has 0 aliphatic rings. The molecule has 0 spiro atoms. The summed E-state index contributed by atoms with van der Waals surface area (Å²) in [6, 6.07) is 3.90.